The zero-order chi connectivity index (χ0) is 13.2. The molecule has 0 atom stereocenters. The number of aromatic nitrogens is 1. The van der Waals surface area contributed by atoms with Gasteiger partial charge in [0, 0.05) is 5.92 Å². The maximum absolute atomic E-state index is 10.7. The topological polar surface area (TPSA) is 66.6 Å². The van der Waals surface area contributed by atoms with E-state index in [0.29, 0.717) is 5.92 Å². The first-order valence-electron chi connectivity index (χ1n) is 6.52. The molecule has 0 spiro atoms. The van der Waals surface area contributed by atoms with Gasteiger partial charge in [0.05, 0.1) is 6.54 Å². The molecule has 1 aliphatic heterocycles. The molecule has 5 nitrogen and oxygen atoms in total. The second-order valence-electron chi connectivity index (χ2n) is 4.96. The van der Waals surface area contributed by atoms with Gasteiger partial charge >= 0.3 is 5.97 Å². The number of benzene rings is 1. The summed E-state index contributed by atoms with van der Waals surface area (Å²) in [7, 11) is 0. The lowest BCUT2D eigenvalue weighted by Gasteiger charge is -2.28. The number of hydrogen-bond donors (Lipinski definition) is 1. The van der Waals surface area contributed by atoms with Gasteiger partial charge in [0.2, 0.25) is 0 Å². The van der Waals surface area contributed by atoms with E-state index in [1.807, 2.05) is 29.2 Å². The molecule has 100 valence electrons. The largest absolute Gasteiger partial charge is 0.480 e. The van der Waals surface area contributed by atoms with Gasteiger partial charge in [-0.05, 0) is 38.1 Å². The quantitative estimate of drug-likeness (QED) is 0.915. The van der Waals surface area contributed by atoms with E-state index >= 15 is 0 Å². The fourth-order valence-corrected chi connectivity index (χ4v) is 2.59. The Morgan fingerprint density at radius 2 is 2.11 bits per heavy atom. The number of para-hydroxylation sites is 2. The smallest absolute Gasteiger partial charge is 0.317 e. The number of hydrogen-bond acceptors (Lipinski definition) is 4. The number of carboxylic acid groups (broad SMARTS) is 1. The lowest BCUT2D eigenvalue weighted by atomic mass is 9.97. The average molecular weight is 260 g/mol. The molecule has 0 unspecified atom stereocenters. The highest BCUT2D eigenvalue weighted by molar-refractivity contribution is 5.72. The number of oxazole rings is 1. The summed E-state index contributed by atoms with van der Waals surface area (Å²) in [6.07, 6.45) is 1.81. The standard InChI is InChI=1S/C14H16N2O3/c17-13(18)9-16-7-5-10(6-8-16)14-15-11-3-1-2-4-12(11)19-14/h1-4,10H,5-9H2,(H,17,18). The monoisotopic (exact) mass is 260 g/mol. The van der Waals surface area contributed by atoms with Crippen LogP contribution >= 0.6 is 0 Å². The predicted molar refractivity (Wildman–Crippen MR) is 70.1 cm³/mol. The highest BCUT2D eigenvalue weighted by Crippen LogP contribution is 2.29. The van der Waals surface area contributed by atoms with Crippen molar-refractivity contribution in [1.82, 2.24) is 9.88 Å². The number of aliphatic carboxylic acids is 1. The number of piperidine rings is 1. The molecule has 0 bridgehead atoms. The van der Waals surface area contributed by atoms with E-state index in [1.54, 1.807) is 0 Å². The van der Waals surface area contributed by atoms with Crippen LogP contribution in [-0.2, 0) is 4.79 Å². The molecule has 1 aliphatic rings. The van der Waals surface area contributed by atoms with E-state index in [2.05, 4.69) is 4.98 Å². The maximum Gasteiger partial charge on any atom is 0.317 e. The van der Waals surface area contributed by atoms with Crippen molar-refractivity contribution in [2.75, 3.05) is 19.6 Å². The number of carboxylic acids is 1. The van der Waals surface area contributed by atoms with Crippen LogP contribution in [0.5, 0.6) is 0 Å². The molecular weight excluding hydrogens is 244 g/mol. The lowest BCUT2D eigenvalue weighted by Crippen LogP contribution is -2.36. The molecule has 1 saturated heterocycles. The van der Waals surface area contributed by atoms with Gasteiger partial charge in [-0.2, -0.15) is 0 Å². The van der Waals surface area contributed by atoms with E-state index in [4.69, 9.17) is 9.52 Å². The van der Waals surface area contributed by atoms with Crippen molar-refractivity contribution < 1.29 is 14.3 Å². The van der Waals surface area contributed by atoms with Crippen molar-refractivity contribution in [2.24, 2.45) is 0 Å². The summed E-state index contributed by atoms with van der Waals surface area (Å²) in [4.78, 5) is 17.1. The second kappa shape index (κ2) is 5.01. The van der Waals surface area contributed by atoms with Crippen LogP contribution in [0.1, 0.15) is 24.7 Å². The molecule has 0 radical (unpaired) electrons. The summed E-state index contributed by atoms with van der Waals surface area (Å²) in [5, 5.41) is 8.77. The molecule has 5 heteroatoms. The van der Waals surface area contributed by atoms with Crippen LogP contribution < -0.4 is 0 Å². The van der Waals surface area contributed by atoms with Gasteiger partial charge in [-0.3, -0.25) is 9.69 Å². The predicted octanol–water partition coefficient (Wildman–Crippen LogP) is 2.09. The molecular formula is C14H16N2O3. The number of rotatable bonds is 3. The first-order chi connectivity index (χ1) is 9.22. The van der Waals surface area contributed by atoms with Crippen LogP contribution in [0.4, 0.5) is 0 Å². The summed E-state index contributed by atoms with van der Waals surface area (Å²) in [5.41, 5.74) is 1.72. The van der Waals surface area contributed by atoms with Crippen molar-refractivity contribution in [3.8, 4) is 0 Å². The van der Waals surface area contributed by atoms with E-state index in [0.717, 1.165) is 42.9 Å². The zero-order valence-corrected chi connectivity index (χ0v) is 10.6. The molecule has 1 aromatic carbocycles. The Morgan fingerprint density at radius 1 is 1.37 bits per heavy atom. The molecule has 19 heavy (non-hydrogen) atoms. The number of likely N-dealkylation sites (tertiary alicyclic amines) is 1. The van der Waals surface area contributed by atoms with E-state index < -0.39 is 5.97 Å². The normalized spacial score (nSPS) is 17.9. The van der Waals surface area contributed by atoms with Crippen molar-refractivity contribution in [2.45, 2.75) is 18.8 Å². The zero-order valence-electron chi connectivity index (χ0n) is 10.6. The molecule has 0 amide bonds. The summed E-state index contributed by atoms with van der Waals surface area (Å²) in [6, 6.07) is 7.75. The Hall–Kier alpha value is -1.88. The molecule has 2 heterocycles. The van der Waals surface area contributed by atoms with Crippen molar-refractivity contribution >= 4 is 17.1 Å². The minimum absolute atomic E-state index is 0.125. The van der Waals surface area contributed by atoms with Gasteiger partial charge in [-0.1, -0.05) is 12.1 Å². The fourth-order valence-electron chi connectivity index (χ4n) is 2.59. The molecule has 2 aromatic rings. The Balaban J connectivity index is 1.69. The van der Waals surface area contributed by atoms with Crippen LogP contribution in [0.15, 0.2) is 28.7 Å². The third kappa shape index (κ3) is 2.61. The molecule has 3 rings (SSSR count). The first-order valence-corrected chi connectivity index (χ1v) is 6.52. The van der Waals surface area contributed by atoms with Gasteiger partial charge in [0.15, 0.2) is 11.5 Å². The van der Waals surface area contributed by atoms with E-state index in [9.17, 15) is 4.79 Å². The molecule has 0 saturated carbocycles. The maximum atomic E-state index is 10.7. The van der Waals surface area contributed by atoms with Crippen LogP contribution in [-0.4, -0.2) is 40.6 Å². The average Bonchev–Trinajstić information content (AvgIpc) is 2.82. The van der Waals surface area contributed by atoms with Crippen molar-refractivity contribution in [3.05, 3.63) is 30.2 Å². The Bertz CT molecular complexity index is 552. The summed E-state index contributed by atoms with van der Waals surface area (Å²) >= 11 is 0. The fraction of sp³-hybridized carbons (Fsp3) is 0.429. The van der Waals surface area contributed by atoms with Crippen molar-refractivity contribution in [3.63, 3.8) is 0 Å². The molecule has 1 fully saturated rings. The minimum Gasteiger partial charge on any atom is -0.480 e. The van der Waals surface area contributed by atoms with Crippen LogP contribution in [0.3, 0.4) is 0 Å². The van der Waals surface area contributed by atoms with Crippen LogP contribution in [0, 0.1) is 0 Å². The second-order valence-corrected chi connectivity index (χ2v) is 4.96. The van der Waals surface area contributed by atoms with Crippen LogP contribution in [0.2, 0.25) is 0 Å². The Morgan fingerprint density at radius 3 is 2.79 bits per heavy atom. The molecule has 1 N–H and O–H groups in total. The number of nitrogens with zero attached hydrogens (tertiary/aromatic N) is 2. The SMILES string of the molecule is O=C(O)CN1CCC(c2nc3ccccc3o2)CC1. The Labute approximate surface area is 110 Å². The summed E-state index contributed by atoms with van der Waals surface area (Å²) < 4.78 is 5.78. The third-order valence-electron chi connectivity index (χ3n) is 3.61. The van der Waals surface area contributed by atoms with Gasteiger partial charge in [-0.25, -0.2) is 4.98 Å². The molecule has 0 aliphatic carbocycles. The highest BCUT2D eigenvalue weighted by atomic mass is 16.4. The third-order valence-corrected chi connectivity index (χ3v) is 3.61. The van der Waals surface area contributed by atoms with E-state index in [-0.39, 0.29) is 6.54 Å². The molecule has 1 aromatic heterocycles. The van der Waals surface area contributed by atoms with Gasteiger partial charge < -0.3 is 9.52 Å². The Kier molecular flexibility index (Phi) is 3.21. The first kappa shape index (κ1) is 12.2. The highest BCUT2D eigenvalue weighted by Gasteiger charge is 2.25. The van der Waals surface area contributed by atoms with Gasteiger partial charge in [-0.15, -0.1) is 0 Å². The van der Waals surface area contributed by atoms with Crippen LogP contribution in [0.25, 0.3) is 11.1 Å². The van der Waals surface area contributed by atoms with Gasteiger partial charge in [0.1, 0.15) is 5.52 Å². The van der Waals surface area contributed by atoms with Crippen molar-refractivity contribution in [1.29, 1.82) is 0 Å². The summed E-state index contributed by atoms with van der Waals surface area (Å²) in [6.45, 7) is 1.70. The van der Waals surface area contributed by atoms with E-state index in [1.165, 1.54) is 0 Å². The lowest BCUT2D eigenvalue weighted by molar-refractivity contribution is -0.138. The van der Waals surface area contributed by atoms with Gasteiger partial charge in [0.25, 0.3) is 0 Å². The number of carbonyl (C=O) groups is 1. The minimum atomic E-state index is -0.764. The number of fused-ring (bicyclic) bond motifs is 1. The summed E-state index contributed by atoms with van der Waals surface area (Å²) in [5.74, 6) is 0.328.